The lowest BCUT2D eigenvalue weighted by molar-refractivity contribution is -0.139. The van der Waals surface area contributed by atoms with E-state index in [1.807, 2.05) is 4.90 Å². The first kappa shape index (κ1) is 14.4. The summed E-state index contributed by atoms with van der Waals surface area (Å²) in [6, 6.07) is 0. The van der Waals surface area contributed by atoms with Gasteiger partial charge >= 0.3 is 5.97 Å². The number of carboxylic acids is 1. The molecule has 1 aliphatic heterocycles. The summed E-state index contributed by atoms with van der Waals surface area (Å²) in [5.41, 5.74) is 0. The fourth-order valence-electron chi connectivity index (χ4n) is 3.52. The Hall–Kier alpha value is -1.06. The molecule has 2 unspecified atom stereocenters. The highest BCUT2D eigenvalue weighted by atomic mass is 16.4. The van der Waals surface area contributed by atoms with Gasteiger partial charge in [0.1, 0.15) is 0 Å². The molecule has 0 spiro atoms. The molecular formula is C15H25NO3. The Bertz CT molecular complexity index is 334. The van der Waals surface area contributed by atoms with Gasteiger partial charge in [-0.1, -0.05) is 13.3 Å². The van der Waals surface area contributed by atoms with Crippen LogP contribution in [0.5, 0.6) is 0 Å². The molecule has 1 saturated carbocycles. The summed E-state index contributed by atoms with van der Waals surface area (Å²) in [6.07, 6.45) is 6.40. The minimum absolute atomic E-state index is 0.246. The number of hydrogen-bond donors (Lipinski definition) is 1. The van der Waals surface area contributed by atoms with Gasteiger partial charge in [0, 0.05) is 25.4 Å². The van der Waals surface area contributed by atoms with Crippen molar-refractivity contribution >= 4 is 11.9 Å². The van der Waals surface area contributed by atoms with Crippen LogP contribution in [0.3, 0.4) is 0 Å². The summed E-state index contributed by atoms with van der Waals surface area (Å²) in [7, 11) is 0. The highest BCUT2D eigenvalue weighted by Crippen LogP contribution is 2.33. The van der Waals surface area contributed by atoms with Crippen molar-refractivity contribution in [2.75, 3.05) is 13.1 Å². The number of aliphatic carboxylic acids is 1. The van der Waals surface area contributed by atoms with Crippen molar-refractivity contribution in [2.24, 2.45) is 17.8 Å². The van der Waals surface area contributed by atoms with Crippen molar-refractivity contribution in [3.05, 3.63) is 0 Å². The predicted octanol–water partition coefficient (Wildman–Crippen LogP) is 2.53. The lowest BCUT2D eigenvalue weighted by Crippen LogP contribution is -2.42. The molecule has 2 aliphatic rings. The zero-order chi connectivity index (χ0) is 13.8. The van der Waals surface area contributed by atoms with Crippen molar-refractivity contribution in [2.45, 2.75) is 51.9 Å². The van der Waals surface area contributed by atoms with E-state index in [1.165, 1.54) is 12.8 Å². The molecule has 4 heteroatoms. The molecule has 4 nitrogen and oxygen atoms in total. The molecule has 2 rings (SSSR count). The number of piperidine rings is 1. The van der Waals surface area contributed by atoms with Gasteiger partial charge in [0.05, 0.1) is 0 Å². The zero-order valence-electron chi connectivity index (χ0n) is 11.8. The number of hydrogen-bond acceptors (Lipinski definition) is 2. The van der Waals surface area contributed by atoms with E-state index in [0.29, 0.717) is 17.7 Å². The lowest BCUT2D eigenvalue weighted by atomic mass is 9.90. The third-order valence-electron chi connectivity index (χ3n) is 4.87. The Kier molecular flexibility index (Phi) is 4.83. The molecule has 108 valence electrons. The number of nitrogens with zero attached hydrogens (tertiary/aromatic N) is 1. The number of carboxylic acid groups (broad SMARTS) is 1. The maximum absolute atomic E-state index is 12.4. The lowest BCUT2D eigenvalue weighted by Gasteiger charge is -2.34. The van der Waals surface area contributed by atoms with Crippen LogP contribution in [-0.2, 0) is 9.59 Å². The number of amides is 1. The van der Waals surface area contributed by atoms with Gasteiger partial charge in [-0.05, 0) is 43.9 Å². The zero-order valence-corrected chi connectivity index (χ0v) is 11.8. The summed E-state index contributed by atoms with van der Waals surface area (Å²) in [6.45, 7) is 3.84. The molecule has 2 atom stereocenters. The average molecular weight is 267 g/mol. The average Bonchev–Trinajstić information content (AvgIpc) is 2.82. The minimum Gasteiger partial charge on any atom is -0.481 e. The fraction of sp³-hybridized carbons (Fsp3) is 0.867. The first-order valence-corrected chi connectivity index (χ1v) is 7.58. The molecule has 0 aromatic carbocycles. The molecule has 1 amide bonds. The van der Waals surface area contributed by atoms with E-state index < -0.39 is 5.97 Å². The SMILES string of the molecule is CC1CCCC1C(=O)N1CCC(CCC(=O)O)CC1. The summed E-state index contributed by atoms with van der Waals surface area (Å²) >= 11 is 0. The van der Waals surface area contributed by atoms with E-state index in [9.17, 15) is 9.59 Å². The summed E-state index contributed by atoms with van der Waals surface area (Å²) in [5, 5.41) is 8.69. The molecule has 0 aromatic rings. The van der Waals surface area contributed by atoms with Crippen LogP contribution in [0.15, 0.2) is 0 Å². The van der Waals surface area contributed by atoms with Crippen LogP contribution < -0.4 is 0 Å². The van der Waals surface area contributed by atoms with Crippen molar-refractivity contribution in [3.8, 4) is 0 Å². The van der Waals surface area contributed by atoms with Gasteiger partial charge in [-0.15, -0.1) is 0 Å². The Morgan fingerprint density at radius 1 is 1.16 bits per heavy atom. The first-order chi connectivity index (χ1) is 9.08. The Morgan fingerprint density at radius 2 is 1.84 bits per heavy atom. The molecule has 1 N–H and O–H groups in total. The maximum atomic E-state index is 12.4. The number of carbonyl (C=O) groups excluding carboxylic acids is 1. The molecular weight excluding hydrogens is 242 g/mol. The van der Waals surface area contributed by atoms with Gasteiger partial charge in [0.2, 0.25) is 5.91 Å². The topological polar surface area (TPSA) is 57.6 Å². The molecule has 0 radical (unpaired) electrons. The molecule has 0 aromatic heterocycles. The number of likely N-dealkylation sites (tertiary alicyclic amines) is 1. The second-order valence-electron chi connectivity index (χ2n) is 6.22. The molecule has 19 heavy (non-hydrogen) atoms. The summed E-state index contributed by atoms with van der Waals surface area (Å²) in [5.74, 6) is 0.911. The summed E-state index contributed by atoms with van der Waals surface area (Å²) in [4.78, 5) is 25.0. The smallest absolute Gasteiger partial charge is 0.303 e. The van der Waals surface area contributed by atoms with Crippen LogP contribution in [0, 0.1) is 17.8 Å². The fourth-order valence-corrected chi connectivity index (χ4v) is 3.52. The number of carbonyl (C=O) groups is 2. The van der Waals surface area contributed by atoms with E-state index in [0.717, 1.165) is 38.8 Å². The van der Waals surface area contributed by atoms with E-state index in [2.05, 4.69) is 6.92 Å². The third-order valence-corrected chi connectivity index (χ3v) is 4.87. The minimum atomic E-state index is -0.710. The Balaban J connectivity index is 1.76. The molecule has 0 bridgehead atoms. The quantitative estimate of drug-likeness (QED) is 0.851. The van der Waals surface area contributed by atoms with Gasteiger partial charge < -0.3 is 10.0 Å². The molecule has 1 saturated heterocycles. The molecule has 1 heterocycles. The predicted molar refractivity (Wildman–Crippen MR) is 72.7 cm³/mol. The van der Waals surface area contributed by atoms with Gasteiger partial charge in [0.15, 0.2) is 0 Å². The van der Waals surface area contributed by atoms with Crippen LogP contribution in [0.2, 0.25) is 0 Å². The van der Waals surface area contributed by atoms with Crippen molar-refractivity contribution in [1.82, 2.24) is 4.90 Å². The van der Waals surface area contributed by atoms with Gasteiger partial charge in [-0.3, -0.25) is 9.59 Å². The Morgan fingerprint density at radius 3 is 2.37 bits per heavy atom. The molecule has 1 aliphatic carbocycles. The monoisotopic (exact) mass is 267 g/mol. The second kappa shape index (κ2) is 6.40. The van der Waals surface area contributed by atoms with E-state index in [4.69, 9.17) is 5.11 Å². The van der Waals surface area contributed by atoms with Crippen molar-refractivity contribution in [3.63, 3.8) is 0 Å². The third kappa shape index (κ3) is 3.71. The van der Waals surface area contributed by atoms with Crippen LogP contribution >= 0.6 is 0 Å². The van der Waals surface area contributed by atoms with Gasteiger partial charge in [0.25, 0.3) is 0 Å². The van der Waals surface area contributed by atoms with E-state index in [1.54, 1.807) is 0 Å². The highest BCUT2D eigenvalue weighted by molar-refractivity contribution is 5.79. The molecule has 2 fully saturated rings. The maximum Gasteiger partial charge on any atom is 0.303 e. The van der Waals surface area contributed by atoms with Crippen LogP contribution in [0.1, 0.15) is 51.9 Å². The first-order valence-electron chi connectivity index (χ1n) is 7.58. The highest BCUT2D eigenvalue weighted by Gasteiger charge is 2.34. The van der Waals surface area contributed by atoms with Gasteiger partial charge in [-0.2, -0.15) is 0 Å². The largest absolute Gasteiger partial charge is 0.481 e. The van der Waals surface area contributed by atoms with Crippen LogP contribution in [-0.4, -0.2) is 35.0 Å². The Labute approximate surface area is 115 Å². The second-order valence-corrected chi connectivity index (χ2v) is 6.22. The number of rotatable bonds is 4. The van der Waals surface area contributed by atoms with Gasteiger partial charge in [-0.25, -0.2) is 0 Å². The normalized spacial score (nSPS) is 28.6. The van der Waals surface area contributed by atoms with Crippen molar-refractivity contribution < 1.29 is 14.7 Å². The summed E-state index contributed by atoms with van der Waals surface area (Å²) < 4.78 is 0. The van der Waals surface area contributed by atoms with Crippen LogP contribution in [0.4, 0.5) is 0 Å². The van der Waals surface area contributed by atoms with E-state index in [-0.39, 0.29) is 12.3 Å². The van der Waals surface area contributed by atoms with Crippen molar-refractivity contribution in [1.29, 1.82) is 0 Å². The van der Waals surface area contributed by atoms with Crippen LogP contribution in [0.25, 0.3) is 0 Å². The van der Waals surface area contributed by atoms with E-state index >= 15 is 0 Å². The standard InChI is InChI=1S/C15H25NO3/c1-11-3-2-4-13(11)15(19)16-9-7-12(8-10-16)5-6-14(17)18/h11-13H,2-10H2,1H3,(H,17,18).